The number of aliphatic hydroxyl groups excluding tert-OH is 3. The van der Waals surface area contributed by atoms with E-state index in [9.17, 15) is 35.1 Å². The summed E-state index contributed by atoms with van der Waals surface area (Å²) in [4.78, 5) is 26.0. The number of carbonyl (C=O) groups is 2. The van der Waals surface area contributed by atoms with Crippen molar-refractivity contribution < 1.29 is 49.3 Å². The second kappa shape index (κ2) is 12.8. The van der Waals surface area contributed by atoms with E-state index in [1.807, 2.05) is 7.05 Å². The van der Waals surface area contributed by atoms with E-state index in [1.54, 1.807) is 7.11 Å². The largest absolute Gasteiger partial charge is 0.481 e. The SMILES string of the molecule is CNCC1CC2C=C3C(C)(CCC4(C(=O)O)C(COC)CC5(C)CC=CC34C5)C3(C)CCC4C(C)(C)C(OC5OC(C(=O)O)C(O)C(O)C5O)CC1C4(C)C23. The van der Waals surface area contributed by atoms with Crippen molar-refractivity contribution in [2.45, 2.75) is 136 Å². The number of methoxy groups -OCH3 is 1. The van der Waals surface area contributed by atoms with Gasteiger partial charge >= 0.3 is 11.9 Å². The van der Waals surface area contributed by atoms with Crippen LogP contribution >= 0.6 is 0 Å². The maximum atomic E-state index is 14.0. The molecule has 1 saturated heterocycles. The molecule has 308 valence electrons. The number of fused-ring (bicyclic) bond motifs is 3. The van der Waals surface area contributed by atoms with E-state index in [0.29, 0.717) is 25.4 Å². The molecule has 0 aromatic carbocycles. The molecule has 2 bridgehead atoms. The fraction of sp³-hybridized carbons (Fsp3) is 0.864. The van der Waals surface area contributed by atoms with E-state index in [-0.39, 0.29) is 51.2 Å². The van der Waals surface area contributed by atoms with Gasteiger partial charge in [-0.3, -0.25) is 4.79 Å². The van der Waals surface area contributed by atoms with Crippen molar-refractivity contribution >= 4 is 11.9 Å². The van der Waals surface area contributed by atoms with Crippen molar-refractivity contribution in [3.8, 4) is 0 Å². The molecule has 1 aliphatic heterocycles. The van der Waals surface area contributed by atoms with E-state index >= 15 is 0 Å². The van der Waals surface area contributed by atoms with Gasteiger partial charge in [-0.2, -0.15) is 0 Å². The van der Waals surface area contributed by atoms with Crippen LogP contribution in [0.1, 0.15) is 99.3 Å². The van der Waals surface area contributed by atoms with Crippen molar-refractivity contribution in [2.75, 3.05) is 27.3 Å². The highest BCUT2D eigenvalue weighted by Gasteiger charge is 2.78. The zero-order chi connectivity index (χ0) is 39.9. The van der Waals surface area contributed by atoms with Crippen LogP contribution in [0.25, 0.3) is 0 Å². The monoisotopic (exact) mass is 769 g/mol. The Morgan fingerprint density at radius 1 is 0.982 bits per heavy atom. The van der Waals surface area contributed by atoms with Gasteiger partial charge in [-0.15, -0.1) is 0 Å². The van der Waals surface area contributed by atoms with Crippen molar-refractivity contribution in [1.29, 1.82) is 0 Å². The van der Waals surface area contributed by atoms with Gasteiger partial charge in [0.05, 0.1) is 18.1 Å². The van der Waals surface area contributed by atoms with E-state index in [2.05, 4.69) is 65.1 Å². The Kier molecular flexibility index (Phi) is 9.31. The lowest BCUT2D eigenvalue weighted by atomic mass is 9.26. The van der Waals surface area contributed by atoms with Crippen molar-refractivity contribution in [3.05, 3.63) is 23.8 Å². The molecule has 5 saturated carbocycles. The lowest BCUT2D eigenvalue weighted by molar-refractivity contribution is -0.335. The zero-order valence-electron chi connectivity index (χ0n) is 34.2. The van der Waals surface area contributed by atoms with Crippen molar-refractivity contribution in [1.82, 2.24) is 5.32 Å². The highest BCUT2D eigenvalue weighted by Crippen LogP contribution is 2.82. The Bertz CT molecular complexity index is 1650. The summed E-state index contributed by atoms with van der Waals surface area (Å²) in [6.45, 7) is 15.7. The van der Waals surface area contributed by atoms with Crippen LogP contribution in [-0.2, 0) is 23.8 Å². The van der Waals surface area contributed by atoms with Crippen LogP contribution in [0.2, 0.25) is 0 Å². The van der Waals surface area contributed by atoms with Crippen LogP contribution in [0, 0.1) is 73.4 Å². The Hall–Kier alpha value is -1.86. The van der Waals surface area contributed by atoms with Gasteiger partial charge in [0.2, 0.25) is 0 Å². The Morgan fingerprint density at radius 2 is 1.71 bits per heavy atom. The average Bonchev–Trinajstić information content (AvgIpc) is 3.09. The van der Waals surface area contributed by atoms with Gasteiger partial charge in [0.25, 0.3) is 0 Å². The number of nitrogens with one attached hydrogen (secondary N) is 1. The summed E-state index contributed by atoms with van der Waals surface area (Å²) in [6.07, 6.45) is 6.46. The maximum absolute atomic E-state index is 14.0. The minimum Gasteiger partial charge on any atom is -0.481 e. The molecule has 0 radical (unpaired) electrons. The first-order chi connectivity index (χ1) is 25.7. The van der Waals surface area contributed by atoms with Gasteiger partial charge in [0.15, 0.2) is 12.4 Å². The third kappa shape index (κ3) is 4.99. The highest BCUT2D eigenvalue weighted by molar-refractivity contribution is 5.79. The minimum atomic E-state index is -1.77. The summed E-state index contributed by atoms with van der Waals surface area (Å²) in [5.41, 5.74) is -0.926. The van der Waals surface area contributed by atoms with Crippen molar-refractivity contribution in [2.24, 2.45) is 73.4 Å². The predicted octanol–water partition coefficient (Wildman–Crippen LogP) is 5.02. The topological polar surface area (TPSA) is 175 Å². The quantitative estimate of drug-likeness (QED) is 0.145. The fourth-order valence-corrected chi connectivity index (χ4v) is 16.5. The highest BCUT2D eigenvalue weighted by atomic mass is 16.7. The standard InChI is InChI=1S/C44H67NO10/c1-38(2)27-10-13-41(5)34-23(17-28-40(41,4)14-15-44(37(51)52)25(21-53-8)19-39(3)11-9-12-43(28,44)22-39)16-24(20-45-7)26(42(27,34)6)18-29(38)54-36-32(48)30(46)31(47)33(55-36)35(49)50/h9,12,17,23-27,29-34,36,45-48H,10-11,13-16,18-22H2,1-8H3,(H,49,50)(H,51,52). The third-order valence-corrected chi connectivity index (χ3v) is 18.6. The number of hydrogen-bond acceptors (Lipinski definition) is 9. The molecule has 18 atom stereocenters. The number of ether oxygens (including phenoxy) is 3. The first-order valence-corrected chi connectivity index (χ1v) is 21.1. The molecule has 0 aromatic rings. The molecule has 55 heavy (non-hydrogen) atoms. The number of carboxylic acids is 2. The van der Waals surface area contributed by atoms with Gasteiger partial charge < -0.3 is 45.1 Å². The van der Waals surface area contributed by atoms with Crippen LogP contribution in [0.5, 0.6) is 0 Å². The van der Waals surface area contributed by atoms with Gasteiger partial charge in [0, 0.05) is 18.4 Å². The minimum absolute atomic E-state index is 0.000350. The van der Waals surface area contributed by atoms with E-state index in [4.69, 9.17) is 14.2 Å². The van der Waals surface area contributed by atoms with Gasteiger partial charge in [0.1, 0.15) is 18.3 Å². The summed E-state index contributed by atoms with van der Waals surface area (Å²) in [7, 11) is 3.72. The van der Waals surface area contributed by atoms with E-state index < -0.39 is 65.0 Å². The van der Waals surface area contributed by atoms with Crippen LogP contribution in [0.15, 0.2) is 23.8 Å². The van der Waals surface area contributed by atoms with E-state index in [1.165, 1.54) is 5.57 Å². The predicted molar refractivity (Wildman–Crippen MR) is 203 cm³/mol. The van der Waals surface area contributed by atoms with E-state index in [0.717, 1.165) is 51.5 Å². The number of aliphatic hydroxyl groups is 3. The number of allylic oxidation sites excluding steroid dienone is 4. The molecule has 0 amide bonds. The molecule has 18 unspecified atom stereocenters. The van der Waals surface area contributed by atoms with Crippen LogP contribution in [-0.4, -0.2) is 102 Å². The first-order valence-electron chi connectivity index (χ1n) is 21.1. The zero-order valence-corrected chi connectivity index (χ0v) is 34.2. The van der Waals surface area contributed by atoms with Gasteiger partial charge in [-0.05, 0) is 128 Å². The number of aliphatic carboxylic acids is 2. The Morgan fingerprint density at radius 3 is 2.36 bits per heavy atom. The molecule has 8 rings (SSSR count). The third-order valence-electron chi connectivity index (χ3n) is 18.6. The molecule has 6 fully saturated rings. The molecule has 8 aliphatic rings. The fourth-order valence-electron chi connectivity index (χ4n) is 16.5. The first kappa shape index (κ1) is 39.9. The molecule has 0 aromatic heterocycles. The lowest BCUT2D eigenvalue weighted by Gasteiger charge is -2.78. The van der Waals surface area contributed by atoms with Crippen molar-refractivity contribution in [3.63, 3.8) is 0 Å². The molecule has 1 spiro atoms. The molecular formula is C44H67NO10. The second-order valence-electron chi connectivity index (χ2n) is 21.2. The average molecular weight is 770 g/mol. The molecule has 1 heterocycles. The summed E-state index contributed by atoms with van der Waals surface area (Å²) >= 11 is 0. The number of carboxylic acid groups (broad SMARTS) is 2. The molecule has 11 heteroatoms. The Labute approximate surface area is 326 Å². The molecule has 6 N–H and O–H groups in total. The normalized spacial score (nSPS) is 54.6. The summed E-state index contributed by atoms with van der Waals surface area (Å²) in [5.74, 6) is -0.794. The summed E-state index contributed by atoms with van der Waals surface area (Å²) in [6, 6.07) is 0. The molecule has 7 aliphatic carbocycles. The van der Waals surface area contributed by atoms with Crippen LogP contribution in [0.3, 0.4) is 0 Å². The molecule has 11 nitrogen and oxygen atoms in total. The smallest absolute Gasteiger partial charge is 0.335 e. The van der Waals surface area contributed by atoms with Crippen LogP contribution < -0.4 is 5.32 Å². The maximum Gasteiger partial charge on any atom is 0.335 e. The summed E-state index contributed by atoms with van der Waals surface area (Å²) in [5, 5.41) is 56.9. The second-order valence-corrected chi connectivity index (χ2v) is 21.2. The number of hydrogen-bond donors (Lipinski definition) is 6. The summed E-state index contributed by atoms with van der Waals surface area (Å²) < 4.78 is 18.2. The lowest BCUT2D eigenvalue weighted by Crippen LogP contribution is -2.73. The van der Waals surface area contributed by atoms with Gasteiger partial charge in [-0.25, -0.2) is 4.79 Å². The number of rotatable bonds is 8. The Balaban J connectivity index is 1.24. The van der Waals surface area contributed by atoms with Gasteiger partial charge in [-0.1, -0.05) is 65.3 Å². The van der Waals surface area contributed by atoms with Crippen LogP contribution in [0.4, 0.5) is 0 Å². The molecular weight excluding hydrogens is 702 g/mol.